The number of anilines is 1. The number of sulfonamides is 1. The van der Waals surface area contributed by atoms with Gasteiger partial charge in [-0.2, -0.15) is 4.31 Å². The molecule has 0 spiro atoms. The van der Waals surface area contributed by atoms with Crippen molar-refractivity contribution >= 4 is 44.2 Å². The molecule has 1 aliphatic rings. The fourth-order valence-electron chi connectivity index (χ4n) is 3.60. The summed E-state index contributed by atoms with van der Waals surface area (Å²) < 4.78 is 33.1. The molecule has 1 fully saturated rings. The predicted octanol–water partition coefficient (Wildman–Crippen LogP) is 4.82. The molecule has 1 saturated heterocycles. The molecule has 0 atom stereocenters. The van der Waals surface area contributed by atoms with Crippen LogP contribution in [0.1, 0.15) is 35.4 Å². The van der Waals surface area contributed by atoms with Crippen molar-refractivity contribution < 1.29 is 17.6 Å². The van der Waals surface area contributed by atoms with Gasteiger partial charge in [-0.25, -0.2) is 8.42 Å². The van der Waals surface area contributed by atoms with E-state index in [2.05, 4.69) is 5.32 Å². The van der Waals surface area contributed by atoms with Crippen molar-refractivity contribution in [2.45, 2.75) is 31.1 Å². The van der Waals surface area contributed by atoms with Crippen molar-refractivity contribution in [1.29, 1.82) is 0 Å². The van der Waals surface area contributed by atoms with Crippen LogP contribution < -0.4 is 5.32 Å². The summed E-state index contributed by atoms with van der Waals surface area (Å²) >= 11 is 6.20. The number of aryl methyl sites for hydroxylation is 1. The smallest absolute Gasteiger partial charge is 0.291 e. The van der Waals surface area contributed by atoms with Crippen LogP contribution in [0.15, 0.2) is 51.8 Å². The van der Waals surface area contributed by atoms with Gasteiger partial charge in [0.25, 0.3) is 5.91 Å². The van der Waals surface area contributed by atoms with E-state index in [1.54, 1.807) is 12.1 Å². The zero-order valence-electron chi connectivity index (χ0n) is 15.9. The highest BCUT2D eigenvalue weighted by Gasteiger charge is 2.28. The summed E-state index contributed by atoms with van der Waals surface area (Å²) in [4.78, 5) is 12.8. The standard InChI is InChI=1S/C21H21ClN2O4S/c1-14-16-7-3-4-8-18(16)28-20(14)21(25)23-15-9-10-17(22)19(13-15)29(26,27)24-11-5-2-6-12-24/h3-4,7-10,13H,2,5-6,11-12H2,1H3,(H,23,25). The molecule has 3 aromatic rings. The van der Waals surface area contributed by atoms with Crippen LogP contribution in [-0.2, 0) is 10.0 Å². The number of fused-ring (bicyclic) bond motifs is 1. The third-order valence-electron chi connectivity index (χ3n) is 5.17. The summed E-state index contributed by atoms with van der Waals surface area (Å²) in [7, 11) is -3.72. The third kappa shape index (κ3) is 3.77. The lowest BCUT2D eigenvalue weighted by molar-refractivity contribution is 0.0998. The fourth-order valence-corrected chi connectivity index (χ4v) is 5.62. The zero-order valence-corrected chi connectivity index (χ0v) is 17.5. The minimum atomic E-state index is -3.72. The van der Waals surface area contributed by atoms with Crippen LogP contribution in [0.5, 0.6) is 0 Å². The van der Waals surface area contributed by atoms with E-state index in [-0.39, 0.29) is 15.7 Å². The van der Waals surface area contributed by atoms with Crippen LogP contribution in [-0.4, -0.2) is 31.7 Å². The van der Waals surface area contributed by atoms with Gasteiger partial charge >= 0.3 is 0 Å². The molecule has 1 aromatic heterocycles. The number of nitrogens with zero attached hydrogens (tertiary/aromatic N) is 1. The molecule has 0 bridgehead atoms. The molecule has 8 heteroatoms. The largest absolute Gasteiger partial charge is 0.451 e. The molecule has 1 aliphatic heterocycles. The second-order valence-electron chi connectivity index (χ2n) is 7.12. The van der Waals surface area contributed by atoms with Crippen molar-refractivity contribution in [3.63, 3.8) is 0 Å². The second kappa shape index (κ2) is 7.82. The molecule has 1 N–H and O–H groups in total. The van der Waals surface area contributed by atoms with Gasteiger partial charge in [-0.15, -0.1) is 0 Å². The topological polar surface area (TPSA) is 79.6 Å². The van der Waals surface area contributed by atoms with Crippen molar-refractivity contribution in [2.75, 3.05) is 18.4 Å². The molecule has 6 nitrogen and oxygen atoms in total. The summed E-state index contributed by atoms with van der Waals surface area (Å²) in [5.74, 6) is -0.246. The summed E-state index contributed by atoms with van der Waals surface area (Å²) in [6.07, 6.45) is 2.68. The predicted molar refractivity (Wildman–Crippen MR) is 113 cm³/mol. The molecule has 0 saturated carbocycles. The lowest BCUT2D eigenvalue weighted by Gasteiger charge is -2.26. The average Bonchev–Trinajstić information content (AvgIpc) is 3.07. The van der Waals surface area contributed by atoms with Gasteiger partial charge < -0.3 is 9.73 Å². The van der Waals surface area contributed by atoms with Crippen LogP contribution in [0.2, 0.25) is 5.02 Å². The van der Waals surface area contributed by atoms with E-state index in [0.29, 0.717) is 24.4 Å². The van der Waals surface area contributed by atoms with Gasteiger partial charge in [-0.3, -0.25) is 4.79 Å². The monoisotopic (exact) mass is 432 g/mol. The quantitative estimate of drug-likeness (QED) is 0.640. The van der Waals surface area contributed by atoms with E-state index in [4.69, 9.17) is 16.0 Å². The van der Waals surface area contributed by atoms with E-state index < -0.39 is 15.9 Å². The number of halogens is 1. The minimum Gasteiger partial charge on any atom is -0.451 e. The van der Waals surface area contributed by atoms with Gasteiger partial charge in [0.2, 0.25) is 10.0 Å². The number of furan rings is 1. The zero-order chi connectivity index (χ0) is 20.6. The molecular weight excluding hydrogens is 412 g/mol. The average molecular weight is 433 g/mol. The van der Waals surface area contributed by atoms with Gasteiger partial charge in [-0.1, -0.05) is 36.2 Å². The number of benzene rings is 2. The molecule has 29 heavy (non-hydrogen) atoms. The van der Waals surface area contributed by atoms with Crippen LogP contribution in [0, 0.1) is 6.92 Å². The van der Waals surface area contributed by atoms with Crippen molar-refractivity contribution in [1.82, 2.24) is 4.31 Å². The van der Waals surface area contributed by atoms with Crippen LogP contribution >= 0.6 is 11.6 Å². The van der Waals surface area contributed by atoms with Crippen LogP contribution in [0.3, 0.4) is 0 Å². The Morgan fingerprint density at radius 3 is 2.55 bits per heavy atom. The molecule has 0 radical (unpaired) electrons. The Labute approximate surface area is 174 Å². The maximum Gasteiger partial charge on any atom is 0.291 e. The number of rotatable bonds is 4. The van der Waals surface area contributed by atoms with Gasteiger partial charge in [0.1, 0.15) is 10.5 Å². The molecule has 2 heterocycles. The summed E-state index contributed by atoms with van der Waals surface area (Å²) in [6, 6.07) is 11.9. The number of carbonyl (C=O) groups excluding carboxylic acids is 1. The highest BCUT2D eigenvalue weighted by Crippen LogP contribution is 2.30. The van der Waals surface area contributed by atoms with Gasteiger partial charge in [-0.05, 0) is 44.0 Å². The Morgan fingerprint density at radius 1 is 1.10 bits per heavy atom. The van der Waals surface area contributed by atoms with Gasteiger partial charge in [0, 0.05) is 29.7 Å². The first-order valence-corrected chi connectivity index (χ1v) is 11.3. The van der Waals surface area contributed by atoms with E-state index >= 15 is 0 Å². The normalized spacial score (nSPS) is 15.5. The fraction of sp³-hybridized carbons (Fsp3) is 0.286. The van der Waals surface area contributed by atoms with E-state index in [0.717, 1.165) is 30.2 Å². The molecule has 0 unspecified atom stereocenters. The second-order valence-corrected chi connectivity index (χ2v) is 9.43. The van der Waals surface area contributed by atoms with Crippen molar-refractivity contribution in [3.05, 3.63) is 58.8 Å². The number of carbonyl (C=O) groups is 1. The van der Waals surface area contributed by atoms with E-state index in [1.807, 2.05) is 25.1 Å². The Bertz CT molecular complexity index is 1180. The summed E-state index contributed by atoms with van der Waals surface area (Å²) in [5, 5.41) is 3.72. The van der Waals surface area contributed by atoms with Crippen LogP contribution in [0.25, 0.3) is 11.0 Å². The number of piperidine rings is 1. The minimum absolute atomic E-state index is 0.000180. The summed E-state index contributed by atoms with van der Waals surface area (Å²) in [6.45, 7) is 2.77. The first-order chi connectivity index (χ1) is 13.9. The third-order valence-corrected chi connectivity index (χ3v) is 7.55. The number of nitrogens with one attached hydrogen (secondary N) is 1. The highest BCUT2D eigenvalue weighted by molar-refractivity contribution is 7.89. The number of hydrogen-bond acceptors (Lipinski definition) is 4. The lowest BCUT2D eigenvalue weighted by atomic mass is 10.1. The first kappa shape index (κ1) is 19.9. The Balaban J connectivity index is 1.63. The number of para-hydroxylation sites is 1. The van der Waals surface area contributed by atoms with E-state index in [9.17, 15) is 13.2 Å². The molecule has 1 amide bonds. The molecule has 0 aliphatic carbocycles. The molecule has 152 valence electrons. The SMILES string of the molecule is Cc1c(C(=O)Nc2ccc(Cl)c(S(=O)(=O)N3CCCCC3)c2)oc2ccccc12. The van der Waals surface area contributed by atoms with Crippen molar-refractivity contribution in [2.24, 2.45) is 0 Å². The number of hydrogen-bond donors (Lipinski definition) is 1. The van der Waals surface area contributed by atoms with Crippen molar-refractivity contribution in [3.8, 4) is 0 Å². The highest BCUT2D eigenvalue weighted by atomic mass is 35.5. The Kier molecular flexibility index (Phi) is 5.38. The number of amides is 1. The summed E-state index contributed by atoms with van der Waals surface area (Å²) in [5.41, 5.74) is 1.70. The first-order valence-electron chi connectivity index (χ1n) is 9.47. The maximum absolute atomic E-state index is 13.0. The molecule has 2 aromatic carbocycles. The van der Waals surface area contributed by atoms with Gasteiger partial charge in [0.05, 0.1) is 5.02 Å². The van der Waals surface area contributed by atoms with Gasteiger partial charge in [0.15, 0.2) is 5.76 Å². The van der Waals surface area contributed by atoms with E-state index in [1.165, 1.54) is 16.4 Å². The Morgan fingerprint density at radius 2 is 1.83 bits per heavy atom. The molecule has 4 rings (SSSR count). The maximum atomic E-state index is 13.0. The lowest BCUT2D eigenvalue weighted by Crippen LogP contribution is -2.35. The molecular formula is C21H21ClN2O4S. The Hall–Kier alpha value is -2.35. The van der Waals surface area contributed by atoms with Crippen LogP contribution in [0.4, 0.5) is 5.69 Å².